The molecular formula is C17H16BrN3O4. The Kier molecular flexibility index (Phi) is 4.38. The largest absolute Gasteiger partial charge is 0.463 e. The topological polar surface area (TPSA) is 80.8 Å². The minimum Gasteiger partial charge on any atom is -0.314 e. The maximum Gasteiger partial charge on any atom is 0.463 e. The molecule has 4 rings (SSSR count). The van der Waals surface area contributed by atoms with Gasteiger partial charge in [0, 0.05) is 17.3 Å². The Hall–Kier alpha value is -2.61. The number of anilines is 2. The van der Waals surface area contributed by atoms with Crippen molar-refractivity contribution in [3.8, 4) is 11.1 Å². The van der Waals surface area contributed by atoms with E-state index in [0.717, 1.165) is 11.1 Å². The second-order valence-electron chi connectivity index (χ2n) is 6.45. The zero-order chi connectivity index (χ0) is 18.2. The monoisotopic (exact) mass is 405 g/mol. The summed E-state index contributed by atoms with van der Waals surface area (Å²) in [4.78, 5) is 38.5. The van der Waals surface area contributed by atoms with Gasteiger partial charge in [-0.3, -0.25) is 0 Å². The molecule has 0 saturated carbocycles. The van der Waals surface area contributed by atoms with E-state index in [2.05, 4.69) is 36.0 Å². The highest BCUT2D eigenvalue weighted by atomic mass is 79.9. The summed E-state index contributed by atoms with van der Waals surface area (Å²) in [6.45, 7) is 5.34. The Morgan fingerprint density at radius 2 is 1.84 bits per heavy atom. The fraction of sp³-hybridized carbons (Fsp3) is 0.235. The van der Waals surface area contributed by atoms with Crippen LogP contribution in [0.5, 0.6) is 0 Å². The number of halogens is 1. The van der Waals surface area contributed by atoms with E-state index in [4.69, 9.17) is 0 Å². The molecule has 7 nitrogen and oxygen atoms in total. The average Bonchev–Trinajstić information content (AvgIpc) is 2.57. The van der Waals surface area contributed by atoms with Crippen LogP contribution in [0.15, 0.2) is 41.0 Å². The quantitative estimate of drug-likeness (QED) is 0.556. The number of aromatic nitrogens is 1. The summed E-state index contributed by atoms with van der Waals surface area (Å²) in [6.07, 6.45) is -0.00953. The van der Waals surface area contributed by atoms with Gasteiger partial charge in [0.05, 0.1) is 10.2 Å². The van der Waals surface area contributed by atoms with Crippen molar-refractivity contribution in [2.24, 2.45) is 0 Å². The first kappa shape index (κ1) is 17.2. The average molecular weight is 406 g/mol. The lowest BCUT2D eigenvalue weighted by Gasteiger charge is -2.33. The van der Waals surface area contributed by atoms with Gasteiger partial charge < -0.3 is 5.32 Å². The predicted molar refractivity (Wildman–Crippen MR) is 95.4 cm³/mol. The summed E-state index contributed by atoms with van der Waals surface area (Å²) >= 11 is 3.41. The van der Waals surface area contributed by atoms with E-state index in [1.54, 1.807) is 27.0 Å². The fourth-order valence-corrected chi connectivity index (χ4v) is 3.01. The Bertz CT molecular complexity index is 834. The van der Waals surface area contributed by atoms with Gasteiger partial charge in [0.15, 0.2) is 5.82 Å². The number of nitrogens with one attached hydrogen (secondary N) is 1. The molecule has 2 amide bonds. The Balaban J connectivity index is 1.73. The second kappa shape index (κ2) is 6.36. The Labute approximate surface area is 153 Å². The van der Waals surface area contributed by atoms with Crippen molar-refractivity contribution in [3.05, 3.63) is 41.0 Å². The summed E-state index contributed by atoms with van der Waals surface area (Å²) in [5.41, 5.74) is 1.77. The Morgan fingerprint density at radius 3 is 2.44 bits per heavy atom. The van der Waals surface area contributed by atoms with Crippen molar-refractivity contribution in [1.82, 2.24) is 10.3 Å². The van der Waals surface area contributed by atoms with Gasteiger partial charge in [-0.25, -0.2) is 29.2 Å². The van der Waals surface area contributed by atoms with Crippen molar-refractivity contribution in [2.45, 2.75) is 26.3 Å². The molecule has 0 radical (unpaired) electrons. The summed E-state index contributed by atoms with van der Waals surface area (Å²) in [7, 11) is 0. The molecule has 0 saturated heterocycles. The van der Waals surface area contributed by atoms with E-state index >= 15 is 0 Å². The third kappa shape index (κ3) is 3.43. The summed E-state index contributed by atoms with van der Waals surface area (Å²) in [5.74, 6) is 0.402. The molecule has 130 valence electrons. The molecular weight excluding hydrogens is 390 g/mol. The summed E-state index contributed by atoms with van der Waals surface area (Å²) < 4.78 is 0.699. The van der Waals surface area contributed by atoms with Gasteiger partial charge in [0.25, 0.3) is 0 Å². The second-order valence-corrected chi connectivity index (χ2v) is 7.25. The van der Waals surface area contributed by atoms with Crippen LogP contribution in [0.2, 0.25) is 0 Å². The molecule has 0 atom stereocenters. The van der Waals surface area contributed by atoms with Crippen molar-refractivity contribution in [2.75, 3.05) is 4.90 Å². The highest BCUT2D eigenvalue weighted by molar-refractivity contribution is 9.10. The lowest BCUT2D eigenvalue weighted by atomic mass is 10.0. The van der Waals surface area contributed by atoms with Gasteiger partial charge in [0.2, 0.25) is 0 Å². The number of carbonyl (C=O) groups is 2. The van der Waals surface area contributed by atoms with E-state index in [9.17, 15) is 9.59 Å². The van der Waals surface area contributed by atoms with Crippen LogP contribution in [0, 0.1) is 0 Å². The fourth-order valence-electron chi connectivity index (χ4n) is 2.34. The minimum atomic E-state index is -0.847. The van der Waals surface area contributed by atoms with E-state index in [0.29, 0.717) is 16.0 Å². The molecule has 25 heavy (non-hydrogen) atoms. The van der Waals surface area contributed by atoms with Crippen LogP contribution in [-0.2, 0) is 9.78 Å². The number of fused-ring (bicyclic) bond motifs is 2. The lowest BCUT2D eigenvalue weighted by Crippen LogP contribution is -2.42. The lowest BCUT2D eigenvalue weighted by molar-refractivity contribution is -0.177. The number of hydrogen-bond acceptors (Lipinski definition) is 5. The van der Waals surface area contributed by atoms with Crippen LogP contribution in [0.4, 0.5) is 21.1 Å². The van der Waals surface area contributed by atoms with Crippen molar-refractivity contribution < 1.29 is 19.4 Å². The van der Waals surface area contributed by atoms with Crippen molar-refractivity contribution in [3.63, 3.8) is 0 Å². The Morgan fingerprint density at radius 1 is 1.16 bits per heavy atom. The summed E-state index contributed by atoms with van der Waals surface area (Å²) in [6, 6.07) is 9.51. The van der Waals surface area contributed by atoms with E-state index in [1.807, 2.05) is 30.3 Å². The van der Waals surface area contributed by atoms with Gasteiger partial charge in [-0.15, -0.1) is 0 Å². The third-order valence-electron chi connectivity index (χ3n) is 3.34. The molecule has 0 spiro atoms. The van der Waals surface area contributed by atoms with Gasteiger partial charge in [-0.2, -0.15) is 0 Å². The maximum atomic E-state index is 12.3. The molecule has 2 aromatic rings. The first-order valence-corrected chi connectivity index (χ1v) is 8.32. The van der Waals surface area contributed by atoms with Crippen LogP contribution >= 0.6 is 15.9 Å². The number of hydrogen-bond donors (Lipinski definition) is 1. The minimum absolute atomic E-state index is 0.402. The first-order chi connectivity index (χ1) is 11.8. The molecule has 2 bridgehead atoms. The molecule has 0 unspecified atom stereocenters. The number of carbonyl (C=O) groups excluding carboxylic acids is 2. The maximum absolute atomic E-state index is 12.3. The molecule has 1 aromatic carbocycles. The zero-order valence-electron chi connectivity index (χ0n) is 13.9. The number of nitrogens with zero attached hydrogens (tertiary/aromatic N) is 2. The third-order valence-corrected chi connectivity index (χ3v) is 4.07. The SMILES string of the molecule is CC(C)(C)NC(=O)OOC(=O)N1c2ncc(-c3ccccc3)c1c2Br. The number of benzene rings is 1. The van der Waals surface area contributed by atoms with Gasteiger partial charge in [-0.1, -0.05) is 30.3 Å². The number of pyridine rings is 1. The molecule has 2 aliphatic heterocycles. The summed E-state index contributed by atoms with van der Waals surface area (Å²) in [5, 5.41) is 2.52. The zero-order valence-corrected chi connectivity index (χ0v) is 15.5. The molecule has 3 heterocycles. The molecule has 2 aliphatic rings. The standard InChI is InChI=1S/C17H16BrN3O4/c1-17(2,3)20-15(22)24-25-16(23)21-13-11(9-19-14(21)12(13)18)10-7-5-4-6-8-10/h4-9H,1-3H3,(H,20,22). The molecule has 0 fully saturated rings. The van der Waals surface area contributed by atoms with E-state index < -0.39 is 17.7 Å². The predicted octanol–water partition coefficient (Wildman–Crippen LogP) is 4.54. The highest BCUT2D eigenvalue weighted by Crippen LogP contribution is 2.52. The van der Waals surface area contributed by atoms with Crippen LogP contribution in [0.25, 0.3) is 11.1 Å². The van der Waals surface area contributed by atoms with Gasteiger partial charge in [-0.05, 0) is 42.3 Å². The van der Waals surface area contributed by atoms with E-state index in [1.165, 1.54) is 4.90 Å². The van der Waals surface area contributed by atoms with Crippen molar-refractivity contribution in [1.29, 1.82) is 0 Å². The van der Waals surface area contributed by atoms with Crippen LogP contribution in [-0.4, -0.2) is 22.7 Å². The number of rotatable bonds is 1. The molecule has 0 aliphatic carbocycles. The van der Waals surface area contributed by atoms with Crippen LogP contribution in [0.3, 0.4) is 0 Å². The van der Waals surface area contributed by atoms with Gasteiger partial charge in [0.1, 0.15) is 0 Å². The smallest absolute Gasteiger partial charge is 0.314 e. The molecule has 1 aromatic heterocycles. The molecule has 8 heteroatoms. The van der Waals surface area contributed by atoms with Crippen LogP contribution in [0.1, 0.15) is 20.8 Å². The van der Waals surface area contributed by atoms with E-state index in [-0.39, 0.29) is 0 Å². The normalized spacial score (nSPS) is 12.2. The van der Waals surface area contributed by atoms with Gasteiger partial charge >= 0.3 is 12.2 Å². The van der Waals surface area contributed by atoms with Crippen molar-refractivity contribution >= 4 is 39.6 Å². The highest BCUT2D eigenvalue weighted by Gasteiger charge is 2.39. The van der Waals surface area contributed by atoms with Crippen LogP contribution < -0.4 is 10.2 Å². The number of amides is 2. The molecule has 1 N–H and O–H groups in total. The first-order valence-electron chi connectivity index (χ1n) is 7.52.